The van der Waals surface area contributed by atoms with Crippen LogP contribution in [0.15, 0.2) is 54.6 Å². The standard InChI is InChI=1S/C20H21N5O2S/c1-12-10-18(28-24-12)23-17-11-15(8-9-16(17)20(21)27)25(22)13(2)19(26)14-6-4-3-5-7-14/h3-11,13,23H,22H2,1-2H3,(H2,21,27). The van der Waals surface area contributed by atoms with Gasteiger partial charge in [-0.05, 0) is 49.6 Å². The second-order valence-corrected chi connectivity index (χ2v) is 7.17. The minimum atomic E-state index is -0.597. The lowest BCUT2D eigenvalue weighted by Crippen LogP contribution is -2.44. The number of aryl methyl sites for hydroxylation is 1. The van der Waals surface area contributed by atoms with E-state index >= 15 is 0 Å². The number of nitrogens with two attached hydrogens (primary N) is 2. The summed E-state index contributed by atoms with van der Waals surface area (Å²) < 4.78 is 4.21. The van der Waals surface area contributed by atoms with Crippen LogP contribution in [0.4, 0.5) is 16.4 Å². The number of benzene rings is 2. The Morgan fingerprint density at radius 1 is 1.14 bits per heavy atom. The molecule has 2 aromatic carbocycles. The molecular formula is C20H21N5O2S. The molecule has 5 N–H and O–H groups in total. The van der Waals surface area contributed by atoms with Crippen molar-refractivity contribution in [2.75, 3.05) is 10.3 Å². The summed E-state index contributed by atoms with van der Waals surface area (Å²) in [4.78, 5) is 24.5. The van der Waals surface area contributed by atoms with Gasteiger partial charge in [0.15, 0.2) is 5.78 Å². The Kier molecular flexibility index (Phi) is 5.72. The summed E-state index contributed by atoms with van der Waals surface area (Å²) in [5.74, 6) is 5.56. The molecule has 144 valence electrons. The first-order chi connectivity index (χ1) is 13.4. The van der Waals surface area contributed by atoms with Crippen molar-refractivity contribution in [3.05, 3.63) is 71.4 Å². The van der Waals surface area contributed by atoms with Crippen molar-refractivity contribution in [3.8, 4) is 0 Å². The van der Waals surface area contributed by atoms with Gasteiger partial charge in [-0.25, -0.2) is 5.84 Å². The molecule has 3 rings (SSSR count). The number of hydrogen-bond donors (Lipinski definition) is 3. The van der Waals surface area contributed by atoms with Crippen LogP contribution in [0, 0.1) is 6.92 Å². The Balaban J connectivity index is 1.89. The van der Waals surface area contributed by atoms with Crippen LogP contribution in [-0.4, -0.2) is 22.1 Å². The van der Waals surface area contributed by atoms with Crippen molar-refractivity contribution in [2.24, 2.45) is 11.6 Å². The van der Waals surface area contributed by atoms with Gasteiger partial charge in [-0.3, -0.25) is 9.59 Å². The summed E-state index contributed by atoms with van der Waals surface area (Å²) in [5, 5.41) is 5.31. The minimum Gasteiger partial charge on any atom is -0.366 e. The first-order valence-corrected chi connectivity index (χ1v) is 9.41. The van der Waals surface area contributed by atoms with Gasteiger partial charge in [0, 0.05) is 5.56 Å². The average Bonchev–Trinajstić information content (AvgIpc) is 3.11. The molecule has 1 aromatic heterocycles. The van der Waals surface area contributed by atoms with E-state index < -0.39 is 11.9 Å². The van der Waals surface area contributed by atoms with Crippen LogP contribution in [0.1, 0.15) is 33.3 Å². The fourth-order valence-electron chi connectivity index (χ4n) is 2.76. The molecule has 28 heavy (non-hydrogen) atoms. The third-order valence-electron chi connectivity index (χ3n) is 4.31. The number of nitrogens with zero attached hydrogens (tertiary/aromatic N) is 2. The van der Waals surface area contributed by atoms with Gasteiger partial charge < -0.3 is 16.1 Å². The Morgan fingerprint density at radius 3 is 2.46 bits per heavy atom. The zero-order valence-corrected chi connectivity index (χ0v) is 16.4. The highest BCUT2D eigenvalue weighted by atomic mass is 32.1. The van der Waals surface area contributed by atoms with E-state index in [-0.39, 0.29) is 5.78 Å². The summed E-state index contributed by atoms with van der Waals surface area (Å²) in [5.41, 5.74) is 8.34. The molecule has 0 saturated carbocycles. The Labute approximate surface area is 167 Å². The SMILES string of the molecule is Cc1cc(Nc2cc(N(N)C(C)C(=O)c3ccccc3)ccc2C(N)=O)sn1. The fraction of sp³-hybridized carbons (Fsp3) is 0.150. The number of Topliss-reactive ketones (excluding diaryl/α,β-unsaturated/α-hetero) is 1. The second kappa shape index (κ2) is 8.20. The molecule has 1 amide bonds. The second-order valence-electron chi connectivity index (χ2n) is 6.37. The Morgan fingerprint density at radius 2 is 1.86 bits per heavy atom. The lowest BCUT2D eigenvalue weighted by Gasteiger charge is -2.26. The predicted molar refractivity (Wildman–Crippen MR) is 112 cm³/mol. The lowest BCUT2D eigenvalue weighted by atomic mass is 10.0. The maximum atomic E-state index is 12.7. The normalized spacial score (nSPS) is 11.7. The smallest absolute Gasteiger partial charge is 0.250 e. The van der Waals surface area contributed by atoms with E-state index in [4.69, 9.17) is 11.6 Å². The van der Waals surface area contributed by atoms with Gasteiger partial charge in [0.05, 0.1) is 22.6 Å². The molecule has 0 aliphatic rings. The Bertz CT molecular complexity index is 1000. The first-order valence-electron chi connectivity index (χ1n) is 8.64. The molecule has 7 nitrogen and oxygen atoms in total. The molecule has 1 heterocycles. The van der Waals surface area contributed by atoms with Crippen molar-refractivity contribution in [3.63, 3.8) is 0 Å². The minimum absolute atomic E-state index is 0.102. The maximum Gasteiger partial charge on any atom is 0.250 e. The third-order valence-corrected chi connectivity index (χ3v) is 5.10. The molecule has 0 radical (unpaired) electrons. The summed E-state index contributed by atoms with van der Waals surface area (Å²) in [7, 11) is 0. The van der Waals surface area contributed by atoms with Gasteiger partial charge in [-0.2, -0.15) is 4.37 Å². The van der Waals surface area contributed by atoms with E-state index in [2.05, 4.69) is 9.69 Å². The number of nitrogens with one attached hydrogen (secondary N) is 1. The molecule has 3 aromatic rings. The first kappa shape index (κ1) is 19.5. The molecule has 0 spiro atoms. The number of rotatable bonds is 7. The van der Waals surface area contributed by atoms with Gasteiger partial charge in [0.1, 0.15) is 11.0 Å². The van der Waals surface area contributed by atoms with Gasteiger partial charge in [0.25, 0.3) is 5.91 Å². The molecule has 0 aliphatic heterocycles. The van der Waals surface area contributed by atoms with E-state index in [1.165, 1.54) is 16.5 Å². The van der Waals surface area contributed by atoms with Crippen LogP contribution in [0.25, 0.3) is 0 Å². The summed E-state index contributed by atoms with van der Waals surface area (Å²) >= 11 is 1.28. The number of anilines is 3. The van der Waals surface area contributed by atoms with Crippen molar-refractivity contribution in [2.45, 2.75) is 19.9 Å². The van der Waals surface area contributed by atoms with Gasteiger partial charge in [-0.1, -0.05) is 30.3 Å². The largest absolute Gasteiger partial charge is 0.366 e. The van der Waals surface area contributed by atoms with Gasteiger partial charge >= 0.3 is 0 Å². The van der Waals surface area contributed by atoms with Crippen LogP contribution < -0.4 is 21.9 Å². The number of amides is 1. The Hall–Kier alpha value is -3.23. The number of ketones is 1. The lowest BCUT2D eigenvalue weighted by molar-refractivity contribution is 0.0962. The number of carbonyl (C=O) groups excluding carboxylic acids is 2. The molecule has 1 atom stereocenters. The van der Waals surface area contributed by atoms with Crippen molar-refractivity contribution < 1.29 is 9.59 Å². The molecule has 0 bridgehead atoms. The molecule has 0 aliphatic carbocycles. The van der Waals surface area contributed by atoms with Crippen LogP contribution in [0.2, 0.25) is 0 Å². The summed E-state index contributed by atoms with van der Waals surface area (Å²) in [6.07, 6.45) is 0. The number of primary amides is 1. The van der Waals surface area contributed by atoms with Crippen molar-refractivity contribution in [1.29, 1.82) is 0 Å². The average molecular weight is 395 g/mol. The van der Waals surface area contributed by atoms with E-state index in [9.17, 15) is 9.59 Å². The zero-order chi connectivity index (χ0) is 20.3. The number of hydrogen-bond acceptors (Lipinski definition) is 7. The monoisotopic (exact) mass is 395 g/mol. The van der Waals surface area contributed by atoms with E-state index in [0.29, 0.717) is 22.5 Å². The van der Waals surface area contributed by atoms with Gasteiger partial charge in [0.2, 0.25) is 0 Å². The molecular weight excluding hydrogens is 374 g/mol. The van der Waals surface area contributed by atoms with Gasteiger partial charge in [-0.15, -0.1) is 0 Å². The summed E-state index contributed by atoms with van der Waals surface area (Å²) in [6, 6.07) is 15.2. The number of hydrazine groups is 1. The topological polar surface area (TPSA) is 114 Å². The van der Waals surface area contributed by atoms with E-state index in [1.54, 1.807) is 37.3 Å². The quantitative estimate of drug-likeness (QED) is 0.321. The molecule has 0 fully saturated rings. The highest BCUT2D eigenvalue weighted by Gasteiger charge is 2.22. The fourth-order valence-corrected chi connectivity index (χ4v) is 3.43. The number of aromatic nitrogens is 1. The number of carbonyl (C=O) groups is 2. The predicted octanol–water partition coefficient (Wildman–Crippen LogP) is 3.25. The van der Waals surface area contributed by atoms with Crippen LogP contribution in [0.5, 0.6) is 0 Å². The highest BCUT2D eigenvalue weighted by molar-refractivity contribution is 7.10. The summed E-state index contributed by atoms with van der Waals surface area (Å²) in [6.45, 7) is 3.61. The molecule has 8 heteroatoms. The molecule has 1 unspecified atom stereocenters. The van der Waals surface area contributed by atoms with Crippen LogP contribution in [-0.2, 0) is 0 Å². The third kappa shape index (κ3) is 4.19. The van der Waals surface area contributed by atoms with E-state index in [0.717, 1.165) is 10.7 Å². The van der Waals surface area contributed by atoms with E-state index in [1.807, 2.05) is 31.2 Å². The van der Waals surface area contributed by atoms with Crippen LogP contribution in [0.3, 0.4) is 0 Å². The zero-order valence-electron chi connectivity index (χ0n) is 15.5. The maximum absolute atomic E-state index is 12.7. The van der Waals surface area contributed by atoms with Crippen LogP contribution >= 0.6 is 11.5 Å². The molecule has 0 saturated heterocycles. The van der Waals surface area contributed by atoms with Crippen molar-refractivity contribution in [1.82, 2.24) is 4.37 Å². The van der Waals surface area contributed by atoms with Crippen molar-refractivity contribution >= 4 is 39.6 Å². The highest BCUT2D eigenvalue weighted by Crippen LogP contribution is 2.29.